The van der Waals surface area contributed by atoms with Gasteiger partial charge in [-0.2, -0.15) is 5.10 Å². The standard InChI is InChI=1S/C13H8BrCl3N2O2S/c14-12-2-1-7(22-12)5-18-19-13(20)6-21-11-4-9(16)8(15)3-10(11)17/h1-5H,6H2,(H,19,20)/b18-5+. The van der Waals surface area contributed by atoms with Gasteiger partial charge in [-0.3, -0.25) is 4.79 Å². The Kier molecular flexibility index (Phi) is 6.52. The lowest BCUT2D eigenvalue weighted by molar-refractivity contribution is -0.123. The van der Waals surface area contributed by atoms with Crippen molar-refractivity contribution >= 4 is 74.2 Å². The molecule has 0 saturated heterocycles. The molecule has 0 aliphatic rings. The Morgan fingerprint density at radius 2 is 2.00 bits per heavy atom. The van der Waals surface area contributed by atoms with Crippen molar-refractivity contribution < 1.29 is 9.53 Å². The van der Waals surface area contributed by atoms with Crippen molar-refractivity contribution in [2.75, 3.05) is 6.61 Å². The molecule has 4 nitrogen and oxygen atoms in total. The number of hydrogen-bond acceptors (Lipinski definition) is 4. The van der Waals surface area contributed by atoms with E-state index in [2.05, 4.69) is 26.5 Å². The van der Waals surface area contributed by atoms with Crippen LogP contribution in [-0.2, 0) is 4.79 Å². The zero-order valence-electron chi connectivity index (χ0n) is 10.8. The Labute approximate surface area is 154 Å². The summed E-state index contributed by atoms with van der Waals surface area (Å²) in [5.41, 5.74) is 2.35. The maximum atomic E-state index is 11.6. The minimum absolute atomic E-state index is 0.247. The number of hydrogen-bond donors (Lipinski definition) is 1. The largest absolute Gasteiger partial charge is 0.482 e. The average Bonchev–Trinajstić information content (AvgIpc) is 2.87. The third-order valence-electron chi connectivity index (χ3n) is 2.31. The van der Waals surface area contributed by atoms with E-state index in [0.717, 1.165) is 8.66 Å². The highest BCUT2D eigenvalue weighted by atomic mass is 79.9. The lowest BCUT2D eigenvalue weighted by atomic mass is 10.3. The van der Waals surface area contributed by atoms with Crippen molar-refractivity contribution in [3.05, 3.63) is 48.0 Å². The Morgan fingerprint density at radius 3 is 2.68 bits per heavy atom. The van der Waals surface area contributed by atoms with Gasteiger partial charge >= 0.3 is 0 Å². The summed E-state index contributed by atoms with van der Waals surface area (Å²) in [4.78, 5) is 12.5. The van der Waals surface area contributed by atoms with Crippen LogP contribution >= 0.6 is 62.1 Å². The van der Waals surface area contributed by atoms with E-state index in [0.29, 0.717) is 10.0 Å². The molecule has 9 heteroatoms. The number of amides is 1. The smallest absolute Gasteiger partial charge is 0.277 e. The highest BCUT2D eigenvalue weighted by Gasteiger charge is 2.09. The Balaban J connectivity index is 1.85. The molecule has 1 N–H and O–H groups in total. The van der Waals surface area contributed by atoms with Crippen LogP contribution < -0.4 is 10.2 Å². The van der Waals surface area contributed by atoms with E-state index in [4.69, 9.17) is 39.5 Å². The fourth-order valence-electron chi connectivity index (χ4n) is 1.36. The van der Waals surface area contributed by atoms with E-state index in [1.54, 1.807) is 6.21 Å². The molecule has 0 saturated carbocycles. The Bertz CT molecular complexity index is 721. The Hall–Kier alpha value is -0.790. The van der Waals surface area contributed by atoms with Crippen LogP contribution in [-0.4, -0.2) is 18.7 Å². The SMILES string of the molecule is O=C(COc1cc(Cl)c(Cl)cc1Cl)N/N=C/c1ccc(Br)s1. The maximum absolute atomic E-state index is 11.6. The molecule has 22 heavy (non-hydrogen) atoms. The van der Waals surface area contributed by atoms with Crippen molar-refractivity contribution in [2.24, 2.45) is 5.10 Å². The summed E-state index contributed by atoms with van der Waals surface area (Å²) < 4.78 is 6.26. The highest BCUT2D eigenvalue weighted by molar-refractivity contribution is 9.11. The number of halogens is 4. The first-order valence-electron chi connectivity index (χ1n) is 5.80. The van der Waals surface area contributed by atoms with E-state index < -0.39 is 5.91 Å². The number of ether oxygens (including phenoxy) is 1. The van der Waals surface area contributed by atoms with Crippen LogP contribution in [0.15, 0.2) is 33.2 Å². The number of carbonyl (C=O) groups is 1. The van der Waals surface area contributed by atoms with Crippen LogP contribution in [0.4, 0.5) is 0 Å². The van der Waals surface area contributed by atoms with E-state index in [-0.39, 0.29) is 17.4 Å². The van der Waals surface area contributed by atoms with Gasteiger partial charge in [0.15, 0.2) is 6.61 Å². The number of carbonyl (C=O) groups excluding carboxylic acids is 1. The highest BCUT2D eigenvalue weighted by Crippen LogP contribution is 2.33. The summed E-state index contributed by atoms with van der Waals surface area (Å²) >= 11 is 22.4. The van der Waals surface area contributed by atoms with E-state index in [9.17, 15) is 4.79 Å². The first-order chi connectivity index (χ1) is 10.5. The first kappa shape index (κ1) is 17.6. The van der Waals surface area contributed by atoms with Gasteiger partial charge in [0.1, 0.15) is 5.75 Å². The van der Waals surface area contributed by atoms with Crippen LogP contribution in [0.3, 0.4) is 0 Å². The number of benzene rings is 1. The van der Waals surface area contributed by atoms with E-state index in [1.807, 2.05) is 12.1 Å². The van der Waals surface area contributed by atoms with Gasteiger partial charge < -0.3 is 4.74 Å². The predicted molar refractivity (Wildman–Crippen MR) is 94.7 cm³/mol. The molecule has 116 valence electrons. The average molecular weight is 443 g/mol. The molecule has 1 amide bonds. The molecule has 0 aliphatic heterocycles. The van der Waals surface area contributed by atoms with Gasteiger partial charge in [-0.15, -0.1) is 11.3 Å². The lowest BCUT2D eigenvalue weighted by Gasteiger charge is -2.08. The van der Waals surface area contributed by atoms with Crippen molar-refractivity contribution in [2.45, 2.75) is 0 Å². The fourth-order valence-corrected chi connectivity index (χ4v) is 3.24. The van der Waals surface area contributed by atoms with Gasteiger partial charge in [0.25, 0.3) is 5.91 Å². The monoisotopic (exact) mass is 440 g/mol. The van der Waals surface area contributed by atoms with E-state index in [1.165, 1.54) is 23.5 Å². The van der Waals surface area contributed by atoms with Gasteiger partial charge in [0.2, 0.25) is 0 Å². The second-order valence-corrected chi connectivity index (χ2v) is 7.64. The van der Waals surface area contributed by atoms with Gasteiger partial charge in [-0.05, 0) is 34.1 Å². The number of hydrazone groups is 1. The molecule has 0 bridgehead atoms. The molecule has 0 unspecified atom stereocenters. The predicted octanol–water partition coefficient (Wildman–Crippen LogP) is 5.00. The minimum atomic E-state index is -0.422. The van der Waals surface area contributed by atoms with Crippen molar-refractivity contribution in [3.63, 3.8) is 0 Å². The van der Waals surface area contributed by atoms with Gasteiger partial charge in [-0.1, -0.05) is 34.8 Å². The molecule has 1 aromatic carbocycles. The molecule has 1 heterocycles. The molecule has 0 radical (unpaired) electrons. The molecule has 0 fully saturated rings. The summed E-state index contributed by atoms with van der Waals surface area (Å²) in [6, 6.07) is 6.66. The number of nitrogens with zero attached hydrogens (tertiary/aromatic N) is 1. The molecular weight excluding hydrogens is 434 g/mol. The second kappa shape index (κ2) is 8.17. The fraction of sp³-hybridized carbons (Fsp3) is 0.0769. The number of thiophene rings is 1. The van der Waals surface area contributed by atoms with Crippen LogP contribution in [0.25, 0.3) is 0 Å². The first-order valence-corrected chi connectivity index (χ1v) is 8.54. The van der Waals surface area contributed by atoms with Crippen LogP contribution in [0.5, 0.6) is 5.75 Å². The maximum Gasteiger partial charge on any atom is 0.277 e. The van der Waals surface area contributed by atoms with Crippen LogP contribution in [0.2, 0.25) is 15.1 Å². The summed E-state index contributed by atoms with van der Waals surface area (Å²) in [6.07, 6.45) is 1.54. The molecule has 0 aliphatic carbocycles. The quantitative estimate of drug-likeness (QED) is 0.403. The molecule has 2 rings (SSSR count). The minimum Gasteiger partial charge on any atom is -0.482 e. The van der Waals surface area contributed by atoms with E-state index >= 15 is 0 Å². The normalized spacial score (nSPS) is 10.9. The summed E-state index contributed by atoms with van der Waals surface area (Å²) in [6.45, 7) is -0.247. The third-order valence-corrected chi connectivity index (χ3v) is 4.88. The topological polar surface area (TPSA) is 50.7 Å². The molecule has 0 atom stereocenters. The van der Waals surface area contributed by atoms with Crippen LogP contribution in [0.1, 0.15) is 4.88 Å². The van der Waals surface area contributed by atoms with Crippen molar-refractivity contribution in [1.82, 2.24) is 5.43 Å². The van der Waals surface area contributed by atoms with Gasteiger partial charge in [0.05, 0.1) is 25.1 Å². The molecule has 2 aromatic rings. The zero-order valence-corrected chi connectivity index (χ0v) is 15.4. The van der Waals surface area contributed by atoms with Crippen LogP contribution in [0, 0.1) is 0 Å². The second-order valence-electron chi connectivity index (χ2n) is 3.92. The van der Waals surface area contributed by atoms with Crippen molar-refractivity contribution in [3.8, 4) is 5.75 Å². The zero-order chi connectivity index (χ0) is 16.1. The van der Waals surface area contributed by atoms with Gasteiger partial charge in [-0.25, -0.2) is 5.43 Å². The third kappa shape index (κ3) is 5.14. The Morgan fingerprint density at radius 1 is 1.27 bits per heavy atom. The molecular formula is C13H8BrCl3N2O2S. The van der Waals surface area contributed by atoms with Gasteiger partial charge in [0, 0.05) is 10.9 Å². The summed E-state index contributed by atoms with van der Waals surface area (Å²) in [5, 5.41) is 4.71. The summed E-state index contributed by atoms with van der Waals surface area (Å²) in [5.74, 6) is -0.147. The number of nitrogens with one attached hydrogen (secondary N) is 1. The lowest BCUT2D eigenvalue weighted by Crippen LogP contribution is -2.24. The van der Waals surface area contributed by atoms with Crippen molar-refractivity contribution in [1.29, 1.82) is 0 Å². The molecule has 1 aromatic heterocycles. The molecule has 0 spiro atoms. The summed E-state index contributed by atoms with van der Waals surface area (Å²) in [7, 11) is 0. The number of rotatable bonds is 5.